The number of nitrogens with one attached hydrogen (secondary N) is 2. The number of hydrogen-bond acceptors (Lipinski definition) is 7. The normalized spacial score (nSPS) is 17.4. The number of carbonyl (C=O) groups is 4. The zero-order valence-corrected chi connectivity index (χ0v) is 25.3. The molecule has 2 aromatic carbocycles. The van der Waals surface area contributed by atoms with Crippen molar-refractivity contribution in [1.29, 1.82) is 0 Å². The molecule has 4 unspecified atom stereocenters. The van der Waals surface area contributed by atoms with Crippen molar-refractivity contribution in [3.8, 4) is 5.75 Å². The van der Waals surface area contributed by atoms with Crippen LogP contribution in [0.2, 0.25) is 0 Å². The number of phenols is 1. The number of benzene rings is 2. The number of hydrogen-bond donors (Lipinski definition) is 3. The molecule has 0 aromatic heterocycles. The fourth-order valence-corrected chi connectivity index (χ4v) is 4.79. The summed E-state index contributed by atoms with van der Waals surface area (Å²) in [4.78, 5) is 54.6. The highest BCUT2D eigenvalue weighted by molar-refractivity contribution is 5.93. The van der Waals surface area contributed by atoms with Crippen LogP contribution >= 0.6 is 0 Å². The predicted octanol–water partition coefficient (Wildman–Crippen LogP) is 4.18. The highest BCUT2D eigenvalue weighted by atomic mass is 16.6. The van der Waals surface area contributed by atoms with Crippen molar-refractivity contribution in [2.75, 3.05) is 13.2 Å². The number of phenolic OH excluding ortho intramolecular Hbond substituents is 1. The van der Waals surface area contributed by atoms with Gasteiger partial charge in [-0.1, -0.05) is 55.5 Å². The lowest BCUT2D eigenvalue weighted by atomic mass is 9.97. The van der Waals surface area contributed by atoms with Crippen molar-refractivity contribution in [3.05, 3.63) is 65.2 Å². The molecular formula is C32H43N3O7. The van der Waals surface area contributed by atoms with Gasteiger partial charge in [-0.2, -0.15) is 0 Å². The topological polar surface area (TPSA) is 134 Å². The summed E-state index contributed by atoms with van der Waals surface area (Å²) < 4.78 is 10.4. The molecule has 3 N–H and O–H groups in total. The van der Waals surface area contributed by atoms with Crippen LogP contribution in [0.3, 0.4) is 0 Å². The minimum Gasteiger partial charge on any atom is -0.507 e. The van der Waals surface area contributed by atoms with E-state index in [-0.39, 0.29) is 49.3 Å². The lowest BCUT2D eigenvalue weighted by molar-refractivity contribution is -0.145. The number of rotatable bonds is 12. The Balaban J connectivity index is 2.02. The number of para-hydroxylation sites is 1. The third-order valence-electron chi connectivity index (χ3n) is 6.97. The molecule has 1 fully saturated rings. The van der Waals surface area contributed by atoms with E-state index in [1.807, 2.05) is 37.3 Å². The largest absolute Gasteiger partial charge is 0.507 e. The molecule has 1 saturated carbocycles. The maximum absolute atomic E-state index is 14.5. The Labute approximate surface area is 247 Å². The lowest BCUT2D eigenvalue weighted by Crippen LogP contribution is -2.54. The summed E-state index contributed by atoms with van der Waals surface area (Å²) in [6.07, 6.45) is 0.00836. The van der Waals surface area contributed by atoms with Crippen LogP contribution in [-0.2, 0) is 30.3 Å². The number of aryl methyl sites for hydroxylation is 1. The summed E-state index contributed by atoms with van der Waals surface area (Å²) in [5, 5.41) is 16.6. The summed E-state index contributed by atoms with van der Waals surface area (Å²) in [6.45, 7) is 10.8. The number of carbonyl (C=O) groups excluding carboxylic acids is 4. The molecule has 2 aromatic rings. The van der Waals surface area contributed by atoms with Crippen LogP contribution in [-0.4, -0.2) is 64.7 Å². The summed E-state index contributed by atoms with van der Waals surface area (Å²) in [5.41, 5.74) is 0.821. The molecule has 228 valence electrons. The molecule has 1 aliphatic carbocycles. The quantitative estimate of drug-likeness (QED) is 0.320. The van der Waals surface area contributed by atoms with Gasteiger partial charge < -0.3 is 30.1 Å². The van der Waals surface area contributed by atoms with Crippen LogP contribution in [0.1, 0.15) is 70.2 Å². The van der Waals surface area contributed by atoms with Crippen molar-refractivity contribution in [3.63, 3.8) is 0 Å². The first kappa shape index (κ1) is 32.4. The zero-order valence-electron chi connectivity index (χ0n) is 25.3. The Kier molecular flexibility index (Phi) is 11.0. The maximum Gasteiger partial charge on any atom is 0.408 e. The average molecular weight is 582 g/mol. The molecule has 0 aliphatic heterocycles. The van der Waals surface area contributed by atoms with E-state index < -0.39 is 41.6 Å². The van der Waals surface area contributed by atoms with Gasteiger partial charge in [0, 0.05) is 24.6 Å². The number of nitrogens with zero attached hydrogens (tertiary/aromatic N) is 1. The molecule has 10 nitrogen and oxygen atoms in total. The smallest absolute Gasteiger partial charge is 0.408 e. The van der Waals surface area contributed by atoms with E-state index in [1.165, 1.54) is 4.90 Å². The van der Waals surface area contributed by atoms with E-state index in [9.17, 15) is 24.3 Å². The third kappa shape index (κ3) is 8.96. The lowest BCUT2D eigenvalue weighted by Gasteiger charge is -2.35. The van der Waals surface area contributed by atoms with Crippen molar-refractivity contribution in [1.82, 2.24) is 15.5 Å². The fourth-order valence-electron chi connectivity index (χ4n) is 4.79. The molecule has 0 spiro atoms. The van der Waals surface area contributed by atoms with E-state index in [4.69, 9.17) is 9.47 Å². The minimum absolute atomic E-state index is 0.00734. The summed E-state index contributed by atoms with van der Waals surface area (Å²) in [7, 11) is 0. The molecule has 3 rings (SSSR count). The number of ether oxygens (including phenoxy) is 2. The molecule has 42 heavy (non-hydrogen) atoms. The van der Waals surface area contributed by atoms with E-state index in [0.29, 0.717) is 12.0 Å². The van der Waals surface area contributed by atoms with Gasteiger partial charge in [-0.05, 0) is 58.1 Å². The summed E-state index contributed by atoms with van der Waals surface area (Å²) in [5.74, 6) is -1.50. The first-order chi connectivity index (χ1) is 19.8. The second kappa shape index (κ2) is 14.2. The predicted molar refractivity (Wildman–Crippen MR) is 158 cm³/mol. The van der Waals surface area contributed by atoms with Crippen molar-refractivity contribution < 1.29 is 33.8 Å². The van der Waals surface area contributed by atoms with Gasteiger partial charge in [0.05, 0.1) is 13.0 Å². The van der Waals surface area contributed by atoms with Gasteiger partial charge in [0.15, 0.2) is 0 Å². The van der Waals surface area contributed by atoms with E-state index >= 15 is 0 Å². The number of amides is 3. The standard InChI is InChI=1S/C32H43N3O7/c1-7-41-26(36)16-17-33-29(38)27(23-15-11-12-20(2)28(23)37)35(25-18-21(25)3)30(39)24(19-22-13-9-8-10-14-22)34-31(40)42-32(4,5)6/h8-15,21,24-25,27,37H,7,16-19H2,1-6H3,(H,33,38)(H,34,40). The van der Waals surface area contributed by atoms with Gasteiger partial charge in [0.1, 0.15) is 23.4 Å². The molecule has 0 bridgehead atoms. The first-order valence-corrected chi connectivity index (χ1v) is 14.4. The highest BCUT2D eigenvalue weighted by Gasteiger charge is 2.48. The second-order valence-electron chi connectivity index (χ2n) is 11.7. The minimum atomic E-state index is -1.21. The number of esters is 1. The van der Waals surface area contributed by atoms with Crippen LogP contribution in [0.25, 0.3) is 0 Å². The molecule has 3 amide bonds. The van der Waals surface area contributed by atoms with Crippen LogP contribution < -0.4 is 10.6 Å². The Morgan fingerprint density at radius 3 is 2.33 bits per heavy atom. The summed E-state index contributed by atoms with van der Waals surface area (Å²) in [6, 6.07) is 11.7. The van der Waals surface area contributed by atoms with Crippen LogP contribution in [0, 0.1) is 12.8 Å². The SMILES string of the molecule is CCOC(=O)CCNC(=O)C(c1cccc(C)c1O)N(C(=O)C(Cc1ccccc1)NC(=O)OC(C)(C)C)C1CC1C. The highest BCUT2D eigenvalue weighted by Crippen LogP contribution is 2.43. The Morgan fingerprint density at radius 1 is 1.07 bits per heavy atom. The van der Waals surface area contributed by atoms with Crippen molar-refractivity contribution in [2.24, 2.45) is 5.92 Å². The zero-order chi connectivity index (χ0) is 31.0. The number of aromatic hydroxyl groups is 1. The third-order valence-corrected chi connectivity index (χ3v) is 6.97. The first-order valence-electron chi connectivity index (χ1n) is 14.4. The Hall–Kier alpha value is -4.08. The van der Waals surface area contributed by atoms with Crippen LogP contribution in [0.4, 0.5) is 4.79 Å². The fraction of sp³-hybridized carbons (Fsp3) is 0.500. The van der Waals surface area contributed by atoms with Crippen molar-refractivity contribution in [2.45, 2.75) is 84.5 Å². The van der Waals surface area contributed by atoms with Gasteiger partial charge in [-0.25, -0.2) is 4.79 Å². The van der Waals surface area contributed by atoms with Crippen molar-refractivity contribution >= 4 is 23.9 Å². The molecule has 0 heterocycles. The number of alkyl carbamates (subject to hydrolysis) is 1. The van der Waals surface area contributed by atoms with Crippen LogP contribution in [0.15, 0.2) is 48.5 Å². The van der Waals surface area contributed by atoms with Crippen LogP contribution in [0.5, 0.6) is 5.75 Å². The molecule has 10 heteroatoms. The monoisotopic (exact) mass is 581 g/mol. The van der Waals surface area contributed by atoms with Gasteiger partial charge in [0.25, 0.3) is 0 Å². The molecule has 0 radical (unpaired) electrons. The Morgan fingerprint density at radius 2 is 1.74 bits per heavy atom. The van der Waals surface area contributed by atoms with E-state index in [0.717, 1.165) is 5.56 Å². The second-order valence-corrected chi connectivity index (χ2v) is 11.7. The van der Waals surface area contributed by atoms with Gasteiger partial charge in [-0.3, -0.25) is 14.4 Å². The van der Waals surface area contributed by atoms with Gasteiger partial charge in [-0.15, -0.1) is 0 Å². The van der Waals surface area contributed by atoms with E-state index in [1.54, 1.807) is 52.8 Å². The van der Waals surface area contributed by atoms with Gasteiger partial charge >= 0.3 is 12.1 Å². The summed E-state index contributed by atoms with van der Waals surface area (Å²) >= 11 is 0. The molecule has 1 aliphatic rings. The molecular weight excluding hydrogens is 538 g/mol. The van der Waals surface area contributed by atoms with E-state index in [2.05, 4.69) is 10.6 Å². The van der Waals surface area contributed by atoms with Gasteiger partial charge in [0.2, 0.25) is 11.8 Å². The molecule has 0 saturated heterocycles. The maximum atomic E-state index is 14.5. The Bertz CT molecular complexity index is 1260. The molecule has 4 atom stereocenters. The average Bonchev–Trinajstić information content (AvgIpc) is 3.63.